The van der Waals surface area contributed by atoms with Crippen LogP contribution < -0.4 is 16.0 Å². The van der Waals surface area contributed by atoms with Crippen LogP contribution in [0.15, 0.2) is 48.5 Å². The monoisotopic (exact) mass is 453 g/mol. The number of carbonyl (C=O) groups excluding carboxylic acids is 3. The van der Waals surface area contributed by atoms with Crippen molar-refractivity contribution >= 4 is 18.1 Å². The molecule has 3 N–H and O–H groups in total. The normalized spacial score (nSPS) is 14.0. The van der Waals surface area contributed by atoms with Crippen LogP contribution in [0, 0.1) is 5.92 Å². The van der Waals surface area contributed by atoms with Crippen molar-refractivity contribution in [1.29, 1.82) is 0 Å². The molecule has 1 aliphatic rings. The second kappa shape index (κ2) is 10.8. The topological polar surface area (TPSA) is 106 Å². The lowest BCUT2D eigenvalue weighted by Gasteiger charge is -2.21. The minimum Gasteiger partial charge on any atom is -0.467 e. The largest absolute Gasteiger partial charge is 0.467 e. The van der Waals surface area contributed by atoms with E-state index in [1.165, 1.54) is 7.11 Å². The van der Waals surface area contributed by atoms with Gasteiger partial charge in [-0.2, -0.15) is 0 Å². The third kappa shape index (κ3) is 6.03. The molecule has 0 bridgehead atoms. The summed E-state index contributed by atoms with van der Waals surface area (Å²) in [6.07, 6.45) is -0.914. The maximum atomic E-state index is 12.4. The summed E-state index contributed by atoms with van der Waals surface area (Å²) in [6.45, 7) is 5.67. The molecule has 0 saturated carbocycles. The van der Waals surface area contributed by atoms with Gasteiger partial charge in [0.15, 0.2) is 0 Å². The van der Waals surface area contributed by atoms with E-state index < -0.39 is 30.3 Å². The minimum absolute atomic E-state index is 0.0495. The summed E-state index contributed by atoms with van der Waals surface area (Å²) in [4.78, 5) is 36.5. The van der Waals surface area contributed by atoms with E-state index in [2.05, 4.69) is 28.1 Å². The molecule has 2 aromatic rings. The van der Waals surface area contributed by atoms with Crippen molar-refractivity contribution in [3.05, 3.63) is 59.7 Å². The van der Waals surface area contributed by atoms with Crippen LogP contribution in [0.3, 0.4) is 0 Å². The Kier molecular flexibility index (Phi) is 7.92. The van der Waals surface area contributed by atoms with E-state index in [4.69, 9.17) is 9.47 Å². The first-order chi connectivity index (χ1) is 15.8. The maximum Gasteiger partial charge on any atom is 0.408 e. The highest BCUT2D eigenvalue weighted by molar-refractivity contribution is 5.84. The minimum atomic E-state index is -0.767. The molecule has 2 aromatic carbocycles. The fourth-order valence-corrected chi connectivity index (χ4v) is 4.08. The molecule has 0 saturated heterocycles. The molecule has 0 aromatic heterocycles. The lowest BCUT2D eigenvalue weighted by atomic mass is 9.98. The van der Waals surface area contributed by atoms with Crippen molar-refractivity contribution < 1.29 is 23.9 Å². The van der Waals surface area contributed by atoms with Gasteiger partial charge < -0.3 is 25.4 Å². The van der Waals surface area contributed by atoms with E-state index in [1.54, 1.807) is 6.92 Å². The number of carbonyl (C=O) groups is 3. The molecule has 8 heteroatoms. The van der Waals surface area contributed by atoms with E-state index in [-0.39, 0.29) is 18.4 Å². The third-order valence-electron chi connectivity index (χ3n) is 5.52. The van der Waals surface area contributed by atoms with Crippen LogP contribution in [0.2, 0.25) is 0 Å². The van der Waals surface area contributed by atoms with Gasteiger partial charge in [-0.15, -0.1) is 0 Å². The van der Waals surface area contributed by atoms with E-state index in [0.717, 1.165) is 22.3 Å². The predicted octanol–water partition coefficient (Wildman–Crippen LogP) is 3.76. The maximum absolute atomic E-state index is 12.4. The quantitative estimate of drug-likeness (QED) is 0.417. The van der Waals surface area contributed by atoms with Gasteiger partial charge in [-0.25, -0.2) is 14.4 Å². The predicted molar refractivity (Wildman–Crippen MR) is 125 cm³/mol. The number of hydrogen-bond donors (Lipinski definition) is 3. The number of rotatable bonds is 8. The Bertz CT molecular complexity index is 962. The molecule has 0 unspecified atom stereocenters. The van der Waals surface area contributed by atoms with Crippen LogP contribution >= 0.6 is 0 Å². The van der Waals surface area contributed by atoms with Gasteiger partial charge in [0, 0.05) is 5.92 Å². The molecule has 3 rings (SSSR count). The Morgan fingerprint density at radius 2 is 1.45 bits per heavy atom. The molecule has 3 amide bonds. The van der Waals surface area contributed by atoms with E-state index in [1.807, 2.05) is 50.2 Å². The van der Waals surface area contributed by atoms with Crippen molar-refractivity contribution in [2.24, 2.45) is 5.92 Å². The zero-order chi connectivity index (χ0) is 24.0. The van der Waals surface area contributed by atoms with Crippen LogP contribution in [-0.2, 0) is 14.3 Å². The van der Waals surface area contributed by atoms with Gasteiger partial charge in [0.2, 0.25) is 0 Å². The fraction of sp³-hybridized carbons (Fsp3) is 0.400. The van der Waals surface area contributed by atoms with Gasteiger partial charge >= 0.3 is 18.1 Å². The lowest BCUT2D eigenvalue weighted by molar-refractivity contribution is -0.143. The van der Waals surface area contributed by atoms with Gasteiger partial charge in [-0.3, -0.25) is 0 Å². The fourth-order valence-electron chi connectivity index (χ4n) is 4.08. The number of benzene rings is 2. The van der Waals surface area contributed by atoms with Gasteiger partial charge in [-0.1, -0.05) is 62.4 Å². The summed E-state index contributed by atoms with van der Waals surface area (Å²) < 4.78 is 10.2. The number of fused-ring (bicyclic) bond motifs is 3. The van der Waals surface area contributed by atoms with Crippen LogP contribution in [0.25, 0.3) is 11.1 Å². The summed E-state index contributed by atoms with van der Waals surface area (Å²) in [7, 11) is 1.27. The molecular weight excluding hydrogens is 422 g/mol. The zero-order valence-corrected chi connectivity index (χ0v) is 19.4. The standard InChI is InChI=1S/C25H31N3O5/c1-15(2)13-22(23(29)32-4)28-24(30)26-16(3)27-25(31)33-14-21-19-11-7-5-9-17(19)18-10-6-8-12-20(18)21/h5-12,15-16,21-22H,13-14H2,1-4H3,(H,27,31)(H2,26,28,30)/t16-,22-/m0/s1. The number of urea groups is 1. The molecule has 0 aliphatic heterocycles. The Morgan fingerprint density at radius 1 is 0.879 bits per heavy atom. The van der Waals surface area contributed by atoms with E-state index >= 15 is 0 Å². The van der Waals surface area contributed by atoms with Gasteiger partial charge in [0.1, 0.15) is 18.8 Å². The second-order valence-corrected chi connectivity index (χ2v) is 8.51. The summed E-state index contributed by atoms with van der Waals surface area (Å²) in [5, 5.41) is 7.76. The number of ether oxygens (including phenoxy) is 2. The number of alkyl carbamates (subject to hydrolysis) is 1. The molecule has 0 radical (unpaired) electrons. The molecular formula is C25H31N3O5. The van der Waals surface area contributed by atoms with Crippen LogP contribution in [0.5, 0.6) is 0 Å². The first kappa shape index (κ1) is 24.1. The third-order valence-corrected chi connectivity index (χ3v) is 5.52. The van der Waals surface area contributed by atoms with Crippen molar-refractivity contribution in [1.82, 2.24) is 16.0 Å². The molecule has 1 aliphatic carbocycles. The number of hydrogen-bond acceptors (Lipinski definition) is 5. The molecule has 2 atom stereocenters. The average molecular weight is 454 g/mol. The summed E-state index contributed by atoms with van der Waals surface area (Å²) in [5.74, 6) is -0.381. The van der Waals surface area contributed by atoms with Crippen molar-refractivity contribution in [2.75, 3.05) is 13.7 Å². The number of esters is 1. The van der Waals surface area contributed by atoms with Crippen LogP contribution in [0.4, 0.5) is 9.59 Å². The van der Waals surface area contributed by atoms with Crippen LogP contribution in [0.1, 0.15) is 44.2 Å². The highest BCUT2D eigenvalue weighted by Crippen LogP contribution is 2.44. The molecule has 0 fully saturated rings. The lowest BCUT2D eigenvalue weighted by Crippen LogP contribution is -2.53. The molecule has 176 valence electrons. The first-order valence-electron chi connectivity index (χ1n) is 11.1. The zero-order valence-electron chi connectivity index (χ0n) is 19.4. The number of nitrogens with one attached hydrogen (secondary N) is 3. The molecule has 0 spiro atoms. The molecule has 8 nitrogen and oxygen atoms in total. The van der Waals surface area contributed by atoms with E-state index in [0.29, 0.717) is 6.42 Å². The molecule has 33 heavy (non-hydrogen) atoms. The second-order valence-electron chi connectivity index (χ2n) is 8.51. The van der Waals surface area contributed by atoms with Crippen molar-refractivity contribution in [3.63, 3.8) is 0 Å². The smallest absolute Gasteiger partial charge is 0.408 e. The number of methoxy groups -OCH3 is 1. The van der Waals surface area contributed by atoms with Crippen molar-refractivity contribution in [3.8, 4) is 11.1 Å². The van der Waals surface area contributed by atoms with Gasteiger partial charge in [0.25, 0.3) is 0 Å². The Hall–Kier alpha value is -3.55. The highest BCUT2D eigenvalue weighted by Gasteiger charge is 2.29. The highest BCUT2D eigenvalue weighted by atomic mass is 16.5. The Labute approximate surface area is 194 Å². The SMILES string of the molecule is COC(=O)[C@H](CC(C)C)NC(=O)N[C@H](C)NC(=O)OCC1c2ccccc2-c2ccccc21. The van der Waals surface area contributed by atoms with Gasteiger partial charge in [0.05, 0.1) is 7.11 Å². The average Bonchev–Trinajstić information content (AvgIpc) is 3.10. The summed E-state index contributed by atoms with van der Waals surface area (Å²) >= 11 is 0. The van der Waals surface area contributed by atoms with E-state index in [9.17, 15) is 14.4 Å². The first-order valence-corrected chi connectivity index (χ1v) is 11.1. The number of amides is 3. The van der Waals surface area contributed by atoms with Crippen molar-refractivity contribution in [2.45, 2.75) is 45.3 Å². The summed E-state index contributed by atoms with van der Waals surface area (Å²) in [5.41, 5.74) is 4.54. The Morgan fingerprint density at radius 3 is 2.00 bits per heavy atom. The van der Waals surface area contributed by atoms with Gasteiger partial charge in [-0.05, 0) is 41.5 Å². The summed E-state index contributed by atoms with van der Waals surface area (Å²) in [6, 6.07) is 14.8. The Balaban J connectivity index is 1.52. The molecule has 0 heterocycles. The van der Waals surface area contributed by atoms with Crippen LogP contribution in [-0.4, -0.2) is 44.0 Å².